The van der Waals surface area contributed by atoms with E-state index in [9.17, 15) is 22.8 Å². The number of nitrogens with zero attached hydrogens (tertiary/aromatic N) is 1. The molecule has 2 fully saturated rings. The Morgan fingerprint density at radius 3 is 2.05 bits per heavy atom. The summed E-state index contributed by atoms with van der Waals surface area (Å²) >= 11 is 0. The zero-order chi connectivity index (χ0) is 28.4. The second-order valence-corrected chi connectivity index (χ2v) is 16.0. The Bertz CT molecular complexity index is 942. The highest BCUT2D eigenvalue weighted by Gasteiger charge is 2.48. The highest BCUT2D eigenvalue weighted by atomic mass is 32.2. The largest absolute Gasteiger partial charge is 0.467 e. The zero-order valence-corrected chi connectivity index (χ0v) is 25.1. The van der Waals surface area contributed by atoms with E-state index in [0.29, 0.717) is 25.8 Å². The maximum absolute atomic E-state index is 13.8. The fraction of sp³-hybridized carbons (Fsp3) is 0.889. The number of rotatable bonds is 7. The molecule has 2 aliphatic rings. The average Bonchev–Trinajstić information content (AvgIpc) is 3.20. The quantitative estimate of drug-likeness (QED) is 0.473. The summed E-state index contributed by atoms with van der Waals surface area (Å²) in [5.74, 6) is -0.768. The molecule has 0 radical (unpaired) electrons. The number of esters is 1. The van der Waals surface area contributed by atoms with Crippen molar-refractivity contribution in [2.75, 3.05) is 19.4 Å². The summed E-state index contributed by atoms with van der Waals surface area (Å²) < 4.78 is 30.3. The SMILES string of the molecule is COC(=O)[C@@H]1C(C(C)C)CCN1C(=O)[C@@H](NC(=O)NC1(CS(=O)(=O)C(C)(C)C)CCCCC1)C(C)(C)C. The molecule has 1 saturated carbocycles. The van der Waals surface area contributed by atoms with Crippen LogP contribution in [0.25, 0.3) is 0 Å². The van der Waals surface area contributed by atoms with Crippen molar-refractivity contribution >= 4 is 27.7 Å². The highest BCUT2D eigenvalue weighted by Crippen LogP contribution is 2.35. The number of carbonyl (C=O) groups excluding carboxylic acids is 3. The molecule has 2 rings (SSSR count). The van der Waals surface area contributed by atoms with Crippen molar-refractivity contribution in [3.63, 3.8) is 0 Å². The number of amides is 3. The summed E-state index contributed by atoms with van der Waals surface area (Å²) in [4.78, 5) is 41.5. The molecule has 1 aliphatic heterocycles. The molecule has 3 atom stereocenters. The van der Waals surface area contributed by atoms with Crippen LogP contribution in [0.1, 0.15) is 93.9 Å². The number of hydrogen-bond donors (Lipinski definition) is 2. The average molecular weight is 544 g/mol. The maximum atomic E-state index is 13.8. The second kappa shape index (κ2) is 11.5. The fourth-order valence-corrected chi connectivity index (χ4v) is 7.04. The summed E-state index contributed by atoms with van der Waals surface area (Å²) in [7, 11) is -2.17. The van der Waals surface area contributed by atoms with Crippen LogP contribution in [0, 0.1) is 17.3 Å². The molecule has 0 aromatic heterocycles. The summed E-state index contributed by atoms with van der Waals surface area (Å²) in [6.45, 7) is 15.1. The van der Waals surface area contributed by atoms with Crippen molar-refractivity contribution in [3.8, 4) is 0 Å². The Balaban J connectivity index is 2.30. The molecule has 10 heteroatoms. The van der Waals surface area contributed by atoms with Crippen LogP contribution < -0.4 is 10.6 Å². The third kappa shape index (κ3) is 7.39. The lowest BCUT2D eigenvalue weighted by Gasteiger charge is -2.41. The smallest absolute Gasteiger partial charge is 0.328 e. The van der Waals surface area contributed by atoms with Crippen molar-refractivity contribution in [2.24, 2.45) is 17.3 Å². The number of urea groups is 1. The lowest BCUT2D eigenvalue weighted by molar-refractivity contribution is -0.154. The summed E-state index contributed by atoms with van der Waals surface area (Å²) in [5, 5.41) is 5.85. The Morgan fingerprint density at radius 1 is 1.03 bits per heavy atom. The van der Waals surface area contributed by atoms with Crippen LogP contribution in [-0.4, -0.2) is 73.0 Å². The summed E-state index contributed by atoms with van der Waals surface area (Å²) in [6, 6.07) is -2.17. The third-order valence-corrected chi connectivity index (χ3v) is 10.8. The van der Waals surface area contributed by atoms with Gasteiger partial charge in [0.25, 0.3) is 0 Å². The fourth-order valence-electron chi connectivity index (χ4n) is 5.52. The minimum absolute atomic E-state index is 0.0287. The van der Waals surface area contributed by atoms with Gasteiger partial charge in [0, 0.05) is 6.54 Å². The number of methoxy groups -OCH3 is 1. The molecule has 37 heavy (non-hydrogen) atoms. The molecular formula is C27H49N3O6S. The van der Waals surface area contributed by atoms with E-state index in [1.54, 1.807) is 25.7 Å². The predicted octanol–water partition coefficient (Wildman–Crippen LogP) is 3.66. The first kappa shape index (κ1) is 31.4. The molecular weight excluding hydrogens is 494 g/mol. The van der Waals surface area contributed by atoms with Crippen LogP contribution in [0.2, 0.25) is 0 Å². The standard InChI is InChI=1S/C27H49N3O6S/c1-18(2)19-13-16-30(20(19)23(32)36-9)22(31)21(25(3,4)5)28-24(33)29-27(14-11-10-12-15-27)17-37(34,35)26(6,7)8/h18-21H,10-17H2,1-9H3,(H2,28,29,33)/t19?,20-,21+/m0/s1. The Labute approximate surface area is 223 Å². The van der Waals surface area contributed by atoms with Crippen molar-refractivity contribution in [1.29, 1.82) is 0 Å². The van der Waals surface area contributed by atoms with Crippen molar-refractivity contribution in [1.82, 2.24) is 15.5 Å². The number of likely N-dealkylation sites (tertiary alicyclic amines) is 1. The normalized spacial score (nSPS) is 23.5. The van der Waals surface area contributed by atoms with Gasteiger partial charge in [0.05, 0.1) is 23.1 Å². The zero-order valence-electron chi connectivity index (χ0n) is 24.3. The highest BCUT2D eigenvalue weighted by molar-refractivity contribution is 7.92. The van der Waals surface area contributed by atoms with Gasteiger partial charge in [0.2, 0.25) is 5.91 Å². The van der Waals surface area contributed by atoms with Crippen LogP contribution >= 0.6 is 0 Å². The Hall–Kier alpha value is -1.84. The van der Waals surface area contributed by atoms with E-state index >= 15 is 0 Å². The molecule has 0 aromatic rings. The minimum atomic E-state index is -3.49. The monoisotopic (exact) mass is 543 g/mol. The summed E-state index contributed by atoms with van der Waals surface area (Å²) in [5.41, 5.74) is -1.53. The number of carbonyl (C=O) groups is 3. The molecule has 0 spiro atoms. The van der Waals surface area contributed by atoms with Gasteiger partial charge in [-0.2, -0.15) is 0 Å². The number of sulfone groups is 1. The number of hydrogen-bond acceptors (Lipinski definition) is 6. The molecule has 1 heterocycles. The number of ether oxygens (including phenoxy) is 1. The number of nitrogens with one attached hydrogen (secondary N) is 2. The van der Waals surface area contributed by atoms with Crippen molar-refractivity contribution in [2.45, 2.75) is 116 Å². The molecule has 214 valence electrons. The van der Waals surface area contributed by atoms with Gasteiger partial charge in [-0.15, -0.1) is 0 Å². The van der Waals surface area contributed by atoms with E-state index in [1.807, 2.05) is 34.6 Å². The first-order valence-corrected chi connectivity index (χ1v) is 15.2. The summed E-state index contributed by atoms with van der Waals surface area (Å²) in [6.07, 6.45) is 4.46. The Morgan fingerprint density at radius 2 is 1.59 bits per heavy atom. The van der Waals surface area contributed by atoms with E-state index in [0.717, 1.165) is 19.3 Å². The molecule has 1 saturated heterocycles. The van der Waals surface area contributed by atoms with Crippen LogP contribution in [-0.2, 0) is 24.2 Å². The lowest BCUT2D eigenvalue weighted by atomic mass is 9.83. The van der Waals surface area contributed by atoms with Gasteiger partial charge in [0.1, 0.15) is 12.1 Å². The molecule has 9 nitrogen and oxygen atoms in total. The van der Waals surface area contributed by atoms with Gasteiger partial charge < -0.3 is 20.3 Å². The molecule has 2 N–H and O–H groups in total. The van der Waals surface area contributed by atoms with Gasteiger partial charge in [-0.05, 0) is 57.3 Å². The Kier molecular flexibility index (Phi) is 9.75. The van der Waals surface area contributed by atoms with Crippen LogP contribution in [0.5, 0.6) is 0 Å². The third-order valence-electron chi connectivity index (χ3n) is 8.00. The van der Waals surface area contributed by atoms with Gasteiger partial charge in [-0.3, -0.25) is 4.79 Å². The lowest BCUT2D eigenvalue weighted by Crippen LogP contribution is -2.63. The maximum Gasteiger partial charge on any atom is 0.328 e. The van der Waals surface area contributed by atoms with E-state index in [2.05, 4.69) is 10.6 Å². The predicted molar refractivity (Wildman–Crippen MR) is 145 cm³/mol. The molecule has 1 unspecified atom stereocenters. The van der Waals surface area contributed by atoms with Gasteiger partial charge in [-0.1, -0.05) is 53.9 Å². The van der Waals surface area contributed by atoms with E-state index in [4.69, 9.17) is 4.74 Å². The molecule has 0 bridgehead atoms. The van der Waals surface area contributed by atoms with E-state index in [1.165, 1.54) is 7.11 Å². The second-order valence-electron chi connectivity index (χ2n) is 13.3. The first-order valence-electron chi connectivity index (χ1n) is 13.5. The van der Waals surface area contributed by atoms with Crippen LogP contribution in [0.15, 0.2) is 0 Å². The van der Waals surface area contributed by atoms with Crippen LogP contribution in [0.4, 0.5) is 4.79 Å². The van der Waals surface area contributed by atoms with Crippen LogP contribution in [0.3, 0.4) is 0 Å². The molecule has 3 amide bonds. The van der Waals surface area contributed by atoms with E-state index in [-0.39, 0.29) is 23.5 Å². The van der Waals surface area contributed by atoms with Crippen molar-refractivity contribution < 1.29 is 27.5 Å². The first-order chi connectivity index (χ1) is 16.8. The van der Waals surface area contributed by atoms with Crippen molar-refractivity contribution in [3.05, 3.63) is 0 Å². The minimum Gasteiger partial charge on any atom is -0.467 e. The molecule has 0 aromatic carbocycles. The van der Waals surface area contributed by atoms with Gasteiger partial charge in [-0.25, -0.2) is 18.0 Å². The van der Waals surface area contributed by atoms with Gasteiger partial charge in [0.15, 0.2) is 9.84 Å². The topological polar surface area (TPSA) is 122 Å². The van der Waals surface area contributed by atoms with Gasteiger partial charge >= 0.3 is 12.0 Å². The van der Waals surface area contributed by atoms with E-state index < -0.39 is 49.6 Å². The molecule has 1 aliphatic carbocycles.